The van der Waals surface area contributed by atoms with Gasteiger partial charge in [0.05, 0.1) is 12.2 Å². The summed E-state index contributed by atoms with van der Waals surface area (Å²) in [5.74, 6) is 0.786. The number of aryl methyl sites for hydroxylation is 1. The third-order valence-corrected chi connectivity index (χ3v) is 2.88. The molecule has 1 aromatic heterocycles. The molecule has 0 spiro atoms. The molecule has 1 N–H and O–H groups in total. The van der Waals surface area contributed by atoms with Crippen molar-refractivity contribution in [2.45, 2.75) is 26.8 Å². The highest BCUT2D eigenvalue weighted by Gasteiger charge is 2.10. The molecule has 0 saturated heterocycles. The smallest absolute Gasteiger partial charge is 0.170 e. The number of tetrazole rings is 1. The van der Waals surface area contributed by atoms with Gasteiger partial charge in [0.2, 0.25) is 0 Å². The van der Waals surface area contributed by atoms with E-state index in [2.05, 4.69) is 27.8 Å². The van der Waals surface area contributed by atoms with Crippen LogP contribution in [0.3, 0.4) is 0 Å². The second-order valence-corrected chi connectivity index (χ2v) is 4.55. The lowest BCUT2D eigenvalue weighted by Crippen LogP contribution is -2.18. The van der Waals surface area contributed by atoms with Crippen LogP contribution in [0.1, 0.15) is 24.7 Å². The fraction of sp³-hybridized carbons (Fsp3) is 0.417. The summed E-state index contributed by atoms with van der Waals surface area (Å²) in [6, 6.07) is 5.69. The van der Waals surface area contributed by atoms with Crippen LogP contribution in [0.4, 0.5) is 0 Å². The molecule has 0 bridgehead atoms. The summed E-state index contributed by atoms with van der Waals surface area (Å²) in [7, 11) is 0. The summed E-state index contributed by atoms with van der Waals surface area (Å²) in [6.07, 6.45) is 1.08. The molecular weight excluding hydrogens is 250 g/mol. The molecule has 6 heteroatoms. The molecule has 0 aliphatic rings. The Morgan fingerprint density at radius 3 is 3.00 bits per heavy atom. The molecule has 0 aliphatic heterocycles. The van der Waals surface area contributed by atoms with Crippen molar-refractivity contribution in [1.82, 2.24) is 25.5 Å². The summed E-state index contributed by atoms with van der Waals surface area (Å²) < 4.78 is 1.73. The first kappa shape index (κ1) is 13.0. The molecule has 96 valence electrons. The van der Waals surface area contributed by atoms with Crippen LogP contribution >= 0.6 is 11.6 Å². The number of halogens is 1. The molecule has 0 saturated carbocycles. The van der Waals surface area contributed by atoms with Crippen LogP contribution in [-0.4, -0.2) is 26.8 Å². The second-order valence-electron chi connectivity index (χ2n) is 4.11. The normalized spacial score (nSPS) is 10.8. The monoisotopic (exact) mass is 265 g/mol. The Morgan fingerprint density at radius 2 is 2.22 bits per heavy atom. The second kappa shape index (κ2) is 5.93. The fourth-order valence-electron chi connectivity index (χ4n) is 1.69. The zero-order valence-corrected chi connectivity index (χ0v) is 11.3. The van der Waals surface area contributed by atoms with Crippen molar-refractivity contribution in [3.8, 4) is 5.69 Å². The van der Waals surface area contributed by atoms with Crippen LogP contribution in [0.5, 0.6) is 0 Å². The molecule has 2 aromatic rings. The van der Waals surface area contributed by atoms with Crippen molar-refractivity contribution < 1.29 is 0 Å². The van der Waals surface area contributed by atoms with Crippen LogP contribution < -0.4 is 5.32 Å². The van der Waals surface area contributed by atoms with Gasteiger partial charge in [0, 0.05) is 5.02 Å². The van der Waals surface area contributed by atoms with Gasteiger partial charge in [0.1, 0.15) is 0 Å². The molecule has 0 aliphatic carbocycles. The maximum Gasteiger partial charge on any atom is 0.170 e. The van der Waals surface area contributed by atoms with Crippen molar-refractivity contribution in [1.29, 1.82) is 0 Å². The molecule has 5 nitrogen and oxygen atoms in total. The molecule has 0 unspecified atom stereocenters. The van der Waals surface area contributed by atoms with Gasteiger partial charge in [0.25, 0.3) is 0 Å². The Balaban J connectivity index is 2.27. The highest BCUT2D eigenvalue weighted by molar-refractivity contribution is 6.30. The SMILES string of the molecule is CCCNCc1nnnn1-c1cc(Cl)ccc1C. The van der Waals surface area contributed by atoms with Gasteiger partial charge in [-0.15, -0.1) is 5.10 Å². The van der Waals surface area contributed by atoms with Crippen LogP contribution in [0.25, 0.3) is 5.69 Å². The number of hydrogen-bond acceptors (Lipinski definition) is 4. The van der Waals surface area contributed by atoms with E-state index < -0.39 is 0 Å². The fourth-order valence-corrected chi connectivity index (χ4v) is 1.86. The Bertz CT molecular complexity index is 523. The average Bonchev–Trinajstić information content (AvgIpc) is 2.81. The Morgan fingerprint density at radius 1 is 1.39 bits per heavy atom. The van der Waals surface area contributed by atoms with Crippen LogP contribution in [0.15, 0.2) is 18.2 Å². The van der Waals surface area contributed by atoms with E-state index in [1.54, 1.807) is 4.68 Å². The third-order valence-electron chi connectivity index (χ3n) is 2.64. The minimum atomic E-state index is 0.646. The number of aromatic nitrogens is 4. The maximum atomic E-state index is 6.02. The lowest BCUT2D eigenvalue weighted by Gasteiger charge is -2.08. The van der Waals surface area contributed by atoms with E-state index >= 15 is 0 Å². The minimum absolute atomic E-state index is 0.646. The van der Waals surface area contributed by atoms with Gasteiger partial charge >= 0.3 is 0 Å². The summed E-state index contributed by atoms with van der Waals surface area (Å²) in [6.45, 7) is 5.72. The standard InChI is InChI=1S/C12H16ClN5/c1-3-6-14-8-12-15-16-17-18(12)11-7-10(13)5-4-9(11)2/h4-5,7,14H,3,6,8H2,1-2H3. The van der Waals surface area contributed by atoms with E-state index in [1.807, 2.05) is 25.1 Å². The van der Waals surface area contributed by atoms with Crippen LogP contribution in [0, 0.1) is 6.92 Å². The topological polar surface area (TPSA) is 55.6 Å². The average molecular weight is 266 g/mol. The van der Waals surface area contributed by atoms with Crippen molar-refractivity contribution in [3.05, 3.63) is 34.6 Å². The van der Waals surface area contributed by atoms with Gasteiger partial charge < -0.3 is 5.32 Å². The van der Waals surface area contributed by atoms with Gasteiger partial charge in [-0.3, -0.25) is 0 Å². The summed E-state index contributed by atoms with van der Waals surface area (Å²) >= 11 is 6.02. The molecule has 0 fully saturated rings. The van der Waals surface area contributed by atoms with Crippen molar-refractivity contribution in [3.63, 3.8) is 0 Å². The Hall–Kier alpha value is -1.46. The van der Waals surface area contributed by atoms with Crippen LogP contribution in [0.2, 0.25) is 5.02 Å². The largest absolute Gasteiger partial charge is 0.310 e. The predicted molar refractivity (Wildman–Crippen MR) is 70.9 cm³/mol. The summed E-state index contributed by atoms with van der Waals surface area (Å²) in [5, 5.41) is 15.7. The van der Waals surface area contributed by atoms with Crippen molar-refractivity contribution in [2.24, 2.45) is 0 Å². The van der Waals surface area contributed by atoms with Gasteiger partial charge in [-0.25, -0.2) is 0 Å². The van der Waals surface area contributed by atoms with E-state index in [-0.39, 0.29) is 0 Å². The molecule has 0 amide bonds. The third kappa shape index (κ3) is 2.86. The zero-order valence-electron chi connectivity index (χ0n) is 10.5. The number of nitrogens with zero attached hydrogens (tertiary/aromatic N) is 4. The molecule has 0 atom stereocenters. The van der Waals surface area contributed by atoms with E-state index in [9.17, 15) is 0 Å². The van der Waals surface area contributed by atoms with Gasteiger partial charge in [-0.05, 0) is 48.0 Å². The van der Waals surface area contributed by atoms with E-state index in [0.717, 1.165) is 30.0 Å². The maximum absolute atomic E-state index is 6.02. The number of rotatable bonds is 5. The lowest BCUT2D eigenvalue weighted by atomic mass is 10.2. The Kier molecular flexibility index (Phi) is 4.28. The molecule has 18 heavy (non-hydrogen) atoms. The van der Waals surface area contributed by atoms with E-state index in [1.165, 1.54) is 0 Å². The van der Waals surface area contributed by atoms with Gasteiger partial charge in [0.15, 0.2) is 5.82 Å². The first-order chi connectivity index (χ1) is 8.72. The van der Waals surface area contributed by atoms with Crippen molar-refractivity contribution in [2.75, 3.05) is 6.54 Å². The lowest BCUT2D eigenvalue weighted by molar-refractivity contribution is 0.632. The highest BCUT2D eigenvalue weighted by Crippen LogP contribution is 2.19. The molecule has 1 heterocycles. The molecule has 2 rings (SSSR count). The van der Waals surface area contributed by atoms with Crippen LogP contribution in [-0.2, 0) is 6.54 Å². The van der Waals surface area contributed by atoms with Crippen molar-refractivity contribution >= 4 is 11.6 Å². The first-order valence-electron chi connectivity index (χ1n) is 5.97. The number of nitrogens with one attached hydrogen (secondary N) is 1. The molecule has 1 aromatic carbocycles. The summed E-state index contributed by atoms with van der Waals surface area (Å²) in [5.41, 5.74) is 2.00. The number of benzene rings is 1. The number of hydrogen-bond donors (Lipinski definition) is 1. The van der Waals surface area contributed by atoms with Gasteiger partial charge in [-0.2, -0.15) is 4.68 Å². The zero-order chi connectivity index (χ0) is 13.0. The molecule has 0 radical (unpaired) electrons. The minimum Gasteiger partial charge on any atom is -0.310 e. The van der Waals surface area contributed by atoms with E-state index in [4.69, 9.17) is 11.6 Å². The quantitative estimate of drug-likeness (QED) is 0.842. The Labute approximate surface area is 111 Å². The summed E-state index contributed by atoms with van der Waals surface area (Å²) in [4.78, 5) is 0. The van der Waals surface area contributed by atoms with E-state index in [0.29, 0.717) is 11.6 Å². The highest BCUT2D eigenvalue weighted by atomic mass is 35.5. The molecular formula is C12H16ClN5. The predicted octanol–water partition coefficient (Wildman–Crippen LogP) is 2.12. The first-order valence-corrected chi connectivity index (χ1v) is 6.34. The van der Waals surface area contributed by atoms with Gasteiger partial charge in [-0.1, -0.05) is 24.6 Å².